The van der Waals surface area contributed by atoms with Crippen molar-refractivity contribution in [1.82, 2.24) is 9.29 Å². The number of aromatic nitrogens is 1. The zero-order valence-corrected chi connectivity index (χ0v) is 15.7. The molecule has 134 valence electrons. The molecule has 0 radical (unpaired) electrons. The molecule has 1 amide bonds. The van der Waals surface area contributed by atoms with Crippen molar-refractivity contribution in [3.8, 4) is 0 Å². The maximum atomic E-state index is 12.5. The number of rotatable bonds is 4. The Hall–Kier alpha value is -2.29. The van der Waals surface area contributed by atoms with E-state index in [1.165, 1.54) is 35.6 Å². The van der Waals surface area contributed by atoms with Crippen molar-refractivity contribution in [2.75, 3.05) is 0 Å². The van der Waals surface area contributed by atoms with Crippen LogP contribution in [0.15, 0.2) is 58.4 Å². The van der Waals surface area contributed by atoms with Crippen LogP contribution < -0.4 is 9.52 Å². The molecule has 26 heavy (non-hydrogen) atoms. The minimum absolute atomic E-state index is 0.0456. The summed E-state index contributed by atoms with van der Waals surface area (Å²) in [4.78, 5) is 17.4. The van der Waals surface area contributed by atoms with E-state index >= 15 is 0 Å². The monoisotopic (exact) mass is 387 g/mol. The third kappa shape index (κ3) is 3.35. The maximum absolute atomic E-state index is 12.5. The van der Waals surface area contributed by atoms with E-state index in [0.717, 1.165) is 23.1 Å². The molecule has 1 N–H and O–H groups in total. The average molecular weight is 387 g/mol. The molecule has 2 aromatic carbocycles. The molecule has 1 aliphatic carbocycles. The first-order chi connectivity index (χ1) is 12.4. The van der Waals surface area contributed by atoms with Crippen LogP contribution in [0.2, 0.25) is 0 Å². The summed E-state index contributed by atoms with van der Waals surface area (Å²) in [5.74, 6) is -0.397. The summed E-state index contributed by atoms with van der Waals surface area (Å²) in [6, 6.07) is 13.8. The first kappa shape index (κ1) is 17.1. The van der Waals surface area contributed by atoms with Gasteiger partial charge in [0.05, 0.1) is 15.1 Å². The van der Waals surface area contributed by atoms with Gasteiger partial charge in [-0.05, 0) is 49.2 Å². The highest BCUT2D eigenvalue weighted by molar-refractivity contribution is 7.89. The van der Waals surface area contributed by atoms with Gasteiger partial charge in [0.2, 0.25) is 10.0 Å². The number of fused-ring (bicyclic) bond motifs is 1. The number of thiazole rings is 1. The summed E-state index contributed by atoms with van der Waals surface area (Å²) in [7, 11) is -1.65. The maximum Gasteiger partial charge on any atom is 0.279 e. The fourth-order valence-corrected chi connectivity index (χ4v) is 4.93. The van der Waals surface area contributed by atoms with Gasteiger partial charge >= 0.3 is 0 Å². The van der Waals surface area contributed by atoms with Crippen LogP contribution in [-0.4, -0.2) is 24.9 Å². The second-order valence-corrected chi connectivity index (χ2v) is 8.97. The molecule has 3 aromatic rings. The van der Waals surface area contributed by atoms with E-state index in [1.807, 2.05) is 35.9 Å². The average Bonchev–Trinajstić information content (AvgIpc) is 3.38. The van der Waals surface area contributed by atoms with Gasteiger partial charge in [0.15, 0.2) is 4.80 Å². The Kier molecular flexibility index (Phi) is 4.26. The van der Waals surface area contributed by atoms with Gasteiger partial charge in [-0.2, -0.15) is 4.99 Å². The number of hydrogen-bond donors (Lipinski definition) is 1. The summed E-state index contributed by atoms with van der Waals surface area (Å²) in [6.45, 7) is 0. The van der Waals surface area contributed by atoms with Gasteiger partial charge in [0, 0.05) is 18.7 Å². The highest BCUT2D eigenvalue weighted by Gasteiger charge is 2.27. The standard InChI is InChI=1S/C18H17N3O3S2/c1-21-15-4-2-3-5-16(15)25-18(21)19-17(22)12-6-10-14(11-7-12)26(23,24)20-13-8-9-13/h2-7,10-11,13,20H,8-9H2,1H3. The largest absolute Gasteiger partial charge is 0.319 e. The number of nitrogens with one attached hydrogen (secondary N) is 1. The first-order valence-electron chi connectivity index (χ1n) is 8.20. The van der Waals surface area contributed by atoms with Gasteiger partial charge in [0.1, 0.15) is 0 Å². The predicted octanol–water partition coefficient (Wildman–Crippen LogP) is 2.42. The summed E-state index contributed by atoms with van der Waals surface area (Å²) in [6.07, 6.45) is 1.75. The third-order valence-electron chi connectivity index (χ3n) is 4.22. The van der Waals surface area contributed by atoms with Crippen molar-refractivity contribution >= 4 is 37.5 Å². The van der Waals surface area contributed by atoms with Crippen molar-refractivity contribution < 1.29 is 13.2 Å². The molecule has 1 saturated carbocycles. The molecule has 0 bridgehead atoms. The van der Waals surface area contributed by atoms with Crippen LogP contribution in [0.25, 0.3) is 10.2 Å². The summed E-state index contributed by atoms with van der Waals surface area (Å²) in [5, 5.41) is 0. The molecule has 1 heterocycles. The SMILES string of the molecule is Cn1c(=NC(=O)c2ccc(S(=O)(=O)NC3CC3)cc2)sc2ccccc21. The topological polar surface area (TPSA) is 80.5 Å². The zero-order chi connectivity index (χ0) is 18.3. The molecule has 0 aliphatic heterocycles. The van der Waals surface area contributed by atoms with Crippen LogP contribution >= 0.6 is 11.3 Å². The van der Waals surface area contributed by atoms with E-state index in [4.69, 9.17) is 0 Å². The number of benzene rings is 2. The Morgan fingerprint density at radius 3 is 2.50 bits per heavy atom. The highest BCUT2D eigenvalue weighted by atomic mass is 32.2. The van der Waals surface area contributed by atoms with E-state index in [9.17, 15) is 13.2 Å². The van der Waals surface area contributed by atoms with Gasteiger partial charge in [-0.3, -0.25) is 4.79 Å². The van der Waals surface area contributed by atoms with Crippen LogP contribution in [0.5, 0.6) is 0 Å². The number of carbonyl (C=O) groups is 1. The van der Waals surface area contributed by atoms with Gasteiger partial charge in [-0.1, -0.05) is 23.5 Å². The van der Waals surface area contributed by atoms with E-state index < -0.39 is 15.9 Å². The Labute approximate surface area is 154 Å². The van der Waals surface area contributed by atoms with E-state index in [-0.39, 0.29) is 10.9 Å². The van der Waals surface area contributed by atoms with Gasteiger partial charge in [-0.25, -0.2) is 13.1 Å². The molecule has 0 unspecified atom stereocenters. The van der Waals surface area contributed by atoms with Crippen molar-refractivity contribution in [3.63, 3.8) is 0 Å². The Morgan fingerprint density at radius 2 is 1.85 bits per heavy atom. The minimum Gasteiger partial charge on any atom is -0.319 e. The molecule has 0 saturated heterocycles. The van der Waals surface area contributed by atoms with Gasteiger partial charge in [-0.15, -0.1) is 0 Å². The number of sulfonamides is 1. The fourth-order valence-electron chi connectivity index (χ4n) is 2.60. The minimum atomic E-state index is -3.52. The van der Waals surface area contributed by atoms with Crippen LogP contribution in [0.3, 0.4) is 0 Å². The fraction of sp³-hybridized carbons (Fsp3) is 0.222. The van der Waals surface area contributed by atoms with Crippen LogP contribution in [0.4, 0.5) is 0 Å². The van der Waals surface area contributed by atoms with Crippen LogP contribution in [0.1, 0.15) is 23.2 Å². The Morgan fingerprint density at radius 1 is 1.15 bits per heavy atom. The lowest BCUT2D eigenvalue weighted by molar-refractivity contribution is 0.0998. The Bertz CT molecular complexity index is 1150. The lowest BCUT2D eigenvalue weighted by Gasteiger charge is -2.05. The quantitative estimate of drug-likeness (QED) is 0.747. The van der Waals surface area contributed by atoms with Crippen molar-refractivity contribution in [1.29, 1.82) is 0 Å². The molecule has 6 nitrogen and oxygen atoms in total. The number of carbonyl (C=O) groups excluding carboxylic acids is 1. The predicted molar refractivity (Wildman–Crippen MR) is 100 cm³/mol. The summed E-state index contributed by atoms with van der Waals surface area (Å²) < 4.78 is 29.9. The van der Waals surface area contributed by atoms with Gasteiger partial charge in [0.25, 0.3) is 5.91 Å². The molecule has 1 fully saturated rings. The van der Waals surface area contributed by atoms with E-state index in [2.05, 4.69) is 9.71 Å². The van der Waals surface area contributed by atoms with Crippen molar-refractivity contribution in [2.24, 2.45) is 12.0 Å². The zero-order valence-electron chi connectivity index (χ0n) is 14.0. The Balaban J connectivity index is 1.62. The molecular formula is C18H17N3O3S2. The number of nitrogens with zero attached hydrogens (tertiary/aromatic N) is 2. The number of hydrogen-bond acceptors (Lipinski definition) is 4. The highest BCUT2D eigenvalue weighted by Crippen LogP contribution is 2.22. The molecule has 0 atom stereocenters. The first-order valence-corrected chi connectivity index (χ1v) is 10.5. The van der Waals surface area contributed by atoms with Crippen molar-refractivity contribution in [3.05, 3.63) is 58.9 Å². The van der Waals surface area contributed by atoms with E-state index in [1.54, 1.807) is 0 Å². The molecule has 4 rings (SSSR count). The number of amides is 1. The van der Waals surface area contributed by atoms with E-state index in [0.29, 0.717) is 10.4 Å². The lowest BCUT2D eigenvalue weighted by atomic mass is 10.2. The second-order valence-electron chi connectivity index (χ2n) is 6.25. The normalized spacial score (nSPS) is 15.5. The molecule has 0 spiro atoms. The smallest absolute Gasteiger partial charge is 0.279 e. The van der Waals surface area contributed by atoms with Crippen LogP contribution in [-0.2, 0) is 17.1 Å². The molecule has 1 aliphatic rings. The lowest BCUT2D eigenvalue weighted by Crippen LogP contribution is -2.25. The summed E-state index contributed by atoms with van der Waals surface area (Å²) in [5.41, 5.74) is 1.37. The second kappa shape index (κ2) is 6.46. The third-order valence-corrected chi connectivity index (χ3v) is 6.87. The van der Waals surface area contributed by atoms with Gasteiger partial charge < -0.3 is 4.57 Å². The molecular weight excluding hydrogens is 370 g/mol. The van der Waals surface area contributed by atoms with Crippen molar-refractivity contribution in [2.45, 2.75) is 23.8 Å². The molecule has 1 aromatic heterocycles. The summed E-state index contributed by atoms with van der Waals surface area (Å²) >= 11 is 1.44. The molecule has 8 heteroatoms. The number of aryl methyl sites for hydroxylation is 1. The number of para-hydroxylation sites is 1. The van der Waals surface area contributed by atoms with Crippen LogP contribution in [0, 0.1) is 0 Å².